The first-order valence-electron chi connectivity index (χ1n) is 7.67. The summed E-state index contributed by atoms with van der Waals surface area (Å²) in [7, 11) is 0. The molecule has 1 saturated heterocycles. The van der Waals surface area contributed by atoms with Crippen LogP contribution in [0.5, 0.6) is 0 Å². The van der Waals surface area contributed by atoms with Gasteiger partial charge in [0, 0.05) is 18.7 Å². The number of rotatable bonds is 4. The van der Waals surface area contributed by atoms with Crippen molar-refractivity contribution in [3.05, 3.63) is 62.5 Å². The number of hydrogen-bond acceptors (Lipinski definition) is 3. The fraction of sp³-hybridized carbons (Fsp3) is 0.235. The Morgan fingerprint density at radius 3 is 2.68 bits per heavy atom. The molecule has 8 heteroatoms. The maximum absolute atomic E-state index is 12.2. The van der Waals surface area contributed by atoms with E-state index in [-0.39, 0.29) is 17.4 Å². The fourth-order valence-corrected chi connectivity index (χ4v) is 2.92. The van der Waals surface area contributed by atoms with Gasteiger partial charge in [-0.3, -0.25) is 14.4 Å². The second-order valence-corrected chi connectivity index (χ2v) is 6.59. The number of carbonyl (C=O) groups is 2. The van der Waals surface area contributed by atoms with Crippen LogP contribution in [0.4, 0.5) is 5.69 Å². The quantitative estimate of drug-likeness (QED) is 0.855. The van der Waals surface area contributed by atoms with Crippen LogP contribution in [0.3, 0.4) is 0 Å². The topological polar surface area (TPSA) is 80.2 Å². The maximum Gasteiger partial charge on any atom is 0.250 e. The predicted molar refractivity (Wildman–Crippen MR) is 96.1 cm³/mol. The molecule has 2 amide bonds. The summed E-state index contributed by atoms with van der Waals surface area (Å²) in [6.45, 7) is 0.291. The smallest absolute Gasteiger partial charge is 0.250 e. The van der Waals surface area contributed by atoms with Crippen molar-refractivity contribution >= 4 is 40.7 Å². The number of benzene rings is 1. The molecule has 0 aliphatic carbocycles. The van der Waals surface area contributed by atoms with E-state index in [1.54, 1.807) is 24.4 Å². The minimum atomic E-state index is -0.539. The minimum Gasteiger partial charge on any atom is -0.344 e. The van der Waals surface area contributed by atoms with Crippen LogP contribution in [-0.2, 0) is 16.1 Å². The second-order valence-electron chi connectivity index (χ2n) is 5.78. The van der Waals surface area contributed by atoms with Crippen molar-refractivity contribution in [3.8, 4) is 0 Å². The highest BCUT2D eigenvalue weighted by atomic mass is 35.5. The van der Waals surface area contributed by atoms with E-state index in [0.29, 0.717) is 35.1 Å². The number of amides is 2. The highest BCUT2D eigenvalue weighted by molar-refractivity contribution is 6.42. The SMILES string of the molecule is O=C1CC[C@@H](C(=O)Nc2ccc(=O)n(Cc3ccc(Cl)c(Cl)c3)c2)N1. The highest BCUT2D eigenvalue weighted by Crippen LogP contribution is 2.23. The average Bonchev–Trinajstić information content (AvgIpc) is 3.01. The van der Waals surface area contributed by atoms with Gasteiger partial charge in [-0.05, 0) is 30.2 Å². The first-order valence-corrected chi connectivity index (χ1v) is 8.42. The van der Waals surface area contributed by atoms with Crippen LogP contribution in [0.1, 0.15) is 18.4 Å². The lowest BCUT2D eigenvalue weighted by Gasteiger charge is -2.13. The number of anilines is 1. The Morgan fingerprint density at radius 2 is 2.00 bits per heavy atom. The Balaban J connectivity index is 1.76. The van der Waals surface area contributed by atoms with Crippen molar-refractivity contribution in [2.45, 2.75) is 25.4 Å². The van der Waals surface area contributed by atoms with E-state index in [1.807, 2.05) is 0 Å². The lowest BCUT2D eigenvalue weighted by Crippen LogP contribution is -2.37. The molecule has 0 saturated carbocycles. The van der Waals surface area contributed by atoms with Crippen molar-refractivity contribution in [1.82, 2.24) is 9.88 Å². The van der Waals surface area contributed by atoms with Crippen molar-refractivity contribution < 1.29 is 9.59 Å². The molecule has 1 aromatic heterocycles. The minimum absolute atomic E-state index is 0.135. The van der Waals surface area contributed by atoms with E-state index < -0.39 is 6.04 Å². The molecule has 0 radical (unpaired) electrons. The zero-order chi connectivity index (χ0) is 18.0. The van der Waals surface area contributed by atoms with Crippen molar-refractivity contribution in [2.75, 3.05) is 5.32 Å². The van der Waals surface area contributed by atoms with Crippen LogP contribution in [0.25, 0.3) is 0 Å². The highest BCUT2D eigenvalue weighted by Gasteiger charge is 2.27. The third-order valence-corrected chi connectivity index (χ3v) is 4.64. The molecule has 0 unspecified atom stereocenters. The second kappa shape index (κ2) is 7.29. The lowest BCUT2D eigenvalue weighted by atomic mass is 10.2. The number of nitrogens with one attached hydrogen (secondary N) is 2. The van der Waals surface area contributed by atoms with Crippen LogP contribution >= 0.6 is 23.2 Å². The fourth-order valence-electron chi connectivity index (χ4n) is 2.60. The molecule has 2 aromatic rings. The van der Waals surface area contributed by atoms with Crippen LogP contribution in [0.2, 0.25) is 10.0 Å². The lowest BCUT2D eigenvalue weighted by molar-refractivity contribution is -0.122. The van der Waals surface area contributed by atoms with Gasteiger partial charge >= 0.3 is 0 Å². The largest absolute Gasteiger partial charge is 0.344 e. The van der Waals surface area contributed by atoms with Gasteiger partial charge in [-0.1, -0.05) is 29.3 Å². The average molecular weight is 380 g/mol. The molecule has 6 nitrogen and oxygen atoms in total. The van der Waals surface area contributed by atoms with Gasteiger partial charge in [0.05, 0.1) is 22.3 Å². The Morgan fingerprint density at radius 1 is 1.20 bits per heavy atom. The van der Waals surface area contributed by atoms with Crippen LogP contribution in [0, 0.1) is 0 Å². The van der Waals surface area contributed by atoms with Gasteiger partial charge < -0.3 is 15.2 Å². The number of nitrogens with zero attached hydrogens (tertiary/aromatic N) is 1. The van der Waals surface area contributed by atoms with E-state index in [4.69, 9.17) is 23.2 Å². The maximum atomic E-state index is 12.2. The zero-order valence-corrected chi connectivity index (χ0v) is 14.6. The summed E-state index contributed by atoms with van der Waals surface area (Å²) < 4.78 is 1.46. The number of hydrogen-bond donors (Lipinski definition) is 2. The number of halogens is 2. The molecule has 25 heavy (non-hydrogen) atoms. The molecular weight excluding hydrogens is 365 g/mol. The third kappa shape index (κ3) is 4.21. The predicted octanol–water partition coefficient (Wildman–Crippen LogP) is 2.42. The molecule has 1 aromatic carbocycles. The first-order chi connectivity index (χ1) is 11.9. The standard InChI is InChI=1S/C17H15Cl2N3O3/c18-12-3-1-10(7-13(12)19)8-22-9-11(2-6-16(22)24)20-17(25)14-4-5-15(23)21-14/h1-3,6-7,9,14H,4-5,8H2,(H,20,25)(H,21,23)/t14-/m0/s1. The van der Waals surface area contributed by atoms with Gasteiger partial charge in [-0.15, -0.1) is 0 Å². The van der Waals surface area contributed by atoms with Gasteiger partial charge in [0.25, 0.3) is 5.56 Å². The Labute approximate surface area is 153 Å². The van der Waals surface area contributed by atoms with E-state index >= 15 is 0 Å². The number of pyridine rings is 1. The van der Waals surface area contributed by atoms with Gasteiger partial charge in [-0.25, -0.2) is 0 Å². The van der Waals surface area contributed by atoms with E-state index in [1.165, 1.54) is 16.7 Å². The summed E-state index contributed by atoms with van der Waals surface area (Å²) in [5.41, 5.74) is 1.08. The van der Waals surface area contributed by atoms with Crippen LogP contribution < -0.4 is 16.2 Å². The van der Waals surface area contributed by atoms with Gasteiger partial charge in [0.15, 0.2) is 0 Å². The van der Waals surface area contributed by atoms with Gasteiger partial charge in [-0.2, -0.15) is 0 Å². The Bertz CT molecular complexity index is 895. The molecule has 1 fully saturated rings. The molecule has 1 aliphatic rings. The summed E-state index contributed by atoms with van der Waals surface area (Å²) in [5, 5.41) is 6.18. The van der Waals surface area contributed by atoms with Crippen LogP contribution in [-0.4, -0.2) is 22.4 Å². The van der Waals surface area contributed by atoms with Gasteiger partial charge in [0.1, 0.15) is 6.04 Å². The van der Waals surface area contributed by atoms with E-state index in [2.05, 4.69) is 10.6 Å². The van der Waals surface area contributed by atoms with Gasteiger partial charge in [0.2, 0.25) is 11.8 Å². The van der Waals surface area contributed by atoms with E-state index in [9.17, 15) is 14.4 Å². The monoisotopic (exact) mass is 379 g/mol. The molecule has 130 valence electrons. The first kappa shape index (κ1) is 17.5. The number of aromatic nitrogens is 1. The van der Waals surface area contributed by atoms with Crippen molar-refractivity contribution in [1.29, 1.82) is 0 Å². The summed E-state index contributed by atoms with van der Waals surface area (Å²) in [6.07, 6.45) is 2.36. The summed E-state index contributed by atoms with van der Waals surface area (Å²) in [4.78, 5) is 35.4. The molecule has 1 atom stereocenters. The molecule has 0 bridgehead atoms. The Kier molecular flexibility index (Phi) is 5.11. The summed E-state index contributed by atoms with van der Waals surface area (Å²) in [5.74, 6) is -0.435. The summed E-state index contributed by atoms with van der Waals surface area (Å²) >= 11 is 11.9. The van der Waals surface area contributed by atoms with Crippen molar-refractivity contribution in [3.63, 3.8) is 0 Å². The molecular formula is C17H15Cl2N3O3. The zero-order valence-electron chi connectivity index (χ0n) is 13.1. The Hall–Kier alpha value is -2.31. The van der Waals surface area contributed by atoms with E-state index in [0.717, 1.165) is 5.56 Å². The molecule has 1 aliphatic heterocycles. The number of carbonyl (C=O) groups excluding carboxylic acids is 2. The summed E-state index contributed by atoms with van der Waals surface area (Å²) in [6, 6.07) is 7.50. The molecule has 2 N–H and O–H groups in total. The van der Waals surface area contributed by atoms with Crippen molar-refractivity contribution in [2.24, 2.45) is 0 Å². The normalized spacial score (nSPS) is 16.6. The van der Waals surface area contributed by atoms with Crippen LogP contribution in [0.15, 0.2) is 41.3 Å². The molecule has 2 heterocycles. The molecule has 0 spiro atoms. The molecule has 3 rings (SSSR count). The third-order valence-electron chi connectivity index (χ3n) is 3.90.